The third-order valence-electron chi connectivity index (χ3n) is 7.70. The second-order valence-electron chi connectivity index (χ2n) is 12.6. The van der Waals surface area contributed by atoms with Gasteiger partial charge >= 0.3 is 11.9 Å². The lowest BCUT2D eigenvalue weighted by molar-refractivity contribution is -0.140. The average Bonchev–Trinajstić information content (AvgIpc) is 3.54. The van der Waals surface area contributed by atoms with Crippen LogP contribution < -0.4 is 20.5 Å². The van der Waals surface area contributed by atoms with Gasteiger partial charge in [0.2, 0.25) is 6.10 Å². The Kier molecular flexibility index (Phi) is 14.2. The Bertz CT molecular complexity index is 1480. The van der Waals surface area contributed by atoms with Gasteiger partial charge in [0, 0.05) is 12.0 Å². The fraction of sp³-hybridized carbons (Fsp3) is 0.514. The minimum atomic E-state index is -1.80. The van der Waals surface area contributed by atoms with E-state index in [4.69, 9.17) is 36.3 Å². The molecule has 0 aliphatic heterocycles. The van der Waals surface area contributed by atoms with Crippen LogP contribution in [0.25, 0.3) is 0 Å². The first-order chi connectivity index (χ1) is 22.7. The molecular weight excluding hydrogens is 644 g/mol. The molecule has 2 aromatic rings. The normalized spacial score (nSPS) is 13.9. The Hall–Kier alpha value is -4.16. The second-order valence-corrected chi connectivity index (χ2v) is 13.1. The Morgan fingerprint density at radius 1 is 0.958 bits per heavy atom. The summed E-state index contributed by atoms with van der Waals surface area (Å²) in [4.78, 5) is 63.9. The highest BCUT2D eigenvalue weighted by atomic mass is 35.5. The molecule has 2 amide bonds. The molecule has 3 rings (SSSR count). The number of hydrogen-bond donors (Lipinski definition) is 3. The number of ether oxygens (including phenoxy) is 4. The summed E-state index contributed by atoms with van der Waals surface area (Å²) in [6.45, 7) is 7.72. The molecule has 1 fully saturated rings. The SMILES string of the molecule is CCCCCCOCCOC(=O)c1cc(OC2CCCC2)c(NC(=O)C(Oc2ccc(C(=O)O)cc2C(N)=O)C(=O)C(C)(C)C)cc1Cl. The first kappa shape index (κ1) is 38.3. The van der Waals surface area contributed by atoms with Gasteiger partial charge in [0.1, 0.15) is 18.1 Å². The monoisotopic (exact) mass is 688 g/mol. The summed E-state index contributed by atoms with van der Waals surface area (Å²) >= 11 is 6.51. The maximum absolute atomic E-state index is 13.8. The molecule has 13 heteroatoms. The number of rotatable bonds is 18. The van der Waals surface area contributed by atoms with Crippen molar-refractivity contribution in [2.24, 2.45) is 11.1 Å². The van der Waals surface area contributed by atoms with Crippen molar-refractivity contribution in [3.8, 4) is 11.5 Å². The van der Waals surface area contributed by atoms with Gasteiger partial charge in [-0.05, 0) is 62.4 Å². The number of esters is 1. The van der Waals surface area contributed by atoms with Crippen LogP contribution in [0, 0.1) is 5.41 Å². The summed E-state index contributed by atoms with van der Waals surface area (Å²) in [5, 5.41) is 12.0. The average molecular weight is 689 g/mol. The van der Waals surface area contributed by atoms with Crippen LogP contribution in [-0.2, 0) is 19.1 Å². The van der Waals surface area contributed by atoms with E-state index in [2.05, 4.69) is 12.2 Å². The molecule has 1 saturated carbocycles. The molecule has 1 atom stereocenters. The summed E-state index contributed by atoms with van der Waals surface area (Å²) in [5.41, 5.74) is 3.92. The van der Waals surface area contributed by atoms with E-state index >= 15 is 0 Å². The number of nitrogens with two attached hydrogens (primary N) is 1. The predicted octanol–water partition coefficient (Wildman–Crippen LogP) is 6.21. The molecule has 0 spiro atoms. The van der Waals surface area contributed by atoms with E-state index in [0.717, 1.165) is 69.6 Å². The van der Waals surface area contributed by atoms with E-state index in [0.29, 0.717) is 6.61 Å². The lowest BCUT2D eigenvalue weighted by atomic mass is 9.87. The summed E-state index contributed by atoms with van der Waals surface area (Å²) in [5.74, 6) is -4.71. The van der Waals surface area contributed by atoms with Crippen molar-refractivity contribution in [1.29, 1.82) is 0 Å². The smallest absolute Gasteiger partial charge is 0.339 e. The van der Waals surface area contributed by atoms with Crippen molar-refractivity contribution in [2.75, 3.05) is 25.1 Å². The van der Waals surface area contributed by atoms with Crippen molar-refractivity contribution < 1.29 is 48.0 Å². The molecule has 0 aromatic heterocycles. The number of anilines is 1. The zero-order valence-corrected chi connectivity index (χ0v) is 28.7. The quantitative estimate of drug-likeness (QED) is 0.0925. The molecule has 0 radical (unpaired) electrons. The number of nitrogens with one attached hydrogen (secondary N) is 1. The van der Waals surface area contributed by atoms with Crippen LogP contribution in [0.4, 0.5) is 5.69 Å². The minimum Gasteiger partial charge on any atom is -0.488 e. The number of carbonyl (C=O) groups excluding carboxylic acids is 4. The summed E-state index contributed by atoms with van der Waals surface area (Å²) in [7, 11) is 0. The van der Waals surface area contributed by atoms with Gasteiger partial charge in [-0.3, -0.25) is 14.4 Å². The van der Waals surface area contributed by atoms with E-state index in [-0.39, 0.29) is 58.2 Å². The molecule has 48 heavy (non-hydrogen) atoms. The maximum atomic E-state index is 13.8. The van der Waals surface area contributed by atoms with E-state index in [1.807, 2.05) is 0 Å². The lowest BCUT2D eigenvalue weighted by Crippen LogP contribution is -2.45. The molecular formula is C35H45ClN2O10. The van der Waals surface area contributed by atoms with Crippen LogP contribution >= 0.6 is 11.6 Å². The Labute approximate surface area is 285 Å². The first-order valence-electron chi connectivity index (χ1n) is 16.2. The molecule has 0 heterocycles. The van der Waals surface area contributed by atoms with Crippen LogP contribution in [0.2, 0.25) is 5.02 Å². The highest BCUT2D eigenvalue weighted by molar-refractivity contribution is 6.34. The number of primary amides is 1. The number of aromatic carboxylic acids is 1. The Morgan fingerprint density at radius 3 is 2.29 bits per heavy atom. The number of amides is 2. The third-order valence-corrected chi connectivity index (χ3v) is 8.01. The molecule has 12 nitrogen and oxygen atoms in total. The molecule has 4 N–H and O–H groups in total. The van der Waals surface area contributed by atoms with Gasteiger partial charge in [0.25, 0.3) is 11.8 Å². The van der Waals surface area contributed by atoms with Gasteiger partial charge in [-0.15, -0.1) is 0 Å². The fourth-order valence-electron chi connectivity index (χ4n) is 5.00. The van der Waals surface area contributed by atoms with E-state index < -0.39 is 41.1 Å². The van der Waals surface area contributed by atoms with Gasteiger partial charge in [0.15, 0.2) is 5.78 Å². The zero-order valence-electron chi connectivity index (χ0n) is 27.9. The highest BCUT2D eigenvalue weighted by Gasteiger charge is 2.38. The van der Waals surface area contributed by atoms with Crippen molar-refractivity contribution in [2.45, 2.75) is 91.3 Å². The standard InChI is InChI=1S/C35H45ClN2O10/c1-5-6-7-10-15-45-16-17-46-34(44)23-19-28(47-22-11-8-9-12-22)26(20-25(23)36)38-32(41)29(30(39)35(2,3)4)48-27-14-13-21(33(42)43)18-24(27)31(37)40/h13-14,18-20,22,29H,5-12,15-17H2,1-4H3,(H2,37,40)(H,38,41)(H,42,43). The number of ketones is 1. The first-order valence-corrected chi connectivity index (χ1v) is 16.5. The second kappa shape index (κ2) is 17.8. The number of carboxylic acids is 1. The largest absolute Gasteiger partial charge is 0.488 e. The topological polar surface area (TPSA) is 181 Å². The summed E-state index contributed by atoms with van der Waals surface area (Å²) in [6, 6.07) is 6.04. The van der Waals surface area contributed by atoms with Crippen LogP contribution in [0.3, 0.4) is 0 Å². The number of carbonyl (C=O) groups is 5. The third kappa shape index (κ3) is 10.9. The minimum absolute atomic E-state index is 0.0220. The highest BCUT2D eigenvalue weighted by Crippen LogP contribution is 2.36. The molecule has 2 aromatic carbocycles. The maximum Gasteiger partial charge on any atom is 0.339 e. The summed E-state index contributed by atoms with van der Waals surface area (Å²) < 4.78 is 22.9. The zero-order chi connectivity index (χ0) is 35.4. The number of halogens is 1. The molecule has 1 aliphatic carbocycles. The van der Waals surface area contributed by atoms with Crippen molar-refractivity contribution in [3.63, 3.8) is 0 Å². The number of benzene rings is 2. The van der Waals surface area contributed by atoms with Gasteiger partial charge in [-0.2, -0.15) is 0 Å². The Balaban J connectivity index is 1.88. The summed E-state index contributed by atoms with van der Waals surface area (Å²) in [6.07, 6.45) is 5.71. The Morgan fingerprint density at radius 2 is 1.67 bits per heavy atom. The van der Waals surface area contributed by atoms with Gasteiger partial charge in [0.05, 0.1) is 40.1 Å². The van der Waals surface area contributed by atoms with Crippen molar-refractivity contribution in [3.05, 3.63) is 52.0 Å². The van der Waals surface area contributed by atoms with Crippen LogP contribution in [0.1, 0.15) is 110 Å². The molecule has 0 bridgehead atoms. The fourth-order valence-corrected chi connectivity index (χ4v) is 5.24. The van der Waals surface area contributed by atoms with E-state index in [9.17, 15) is 29.1 Å². The van der Waals surface area contributed by atoms with Crippen LogP contribution in [0.15, 0.2) is 30.3 Å². The van der Waals surface area contributed by atoms with Crippen molar-refractivity contribution >= 4 is 46.8 Å². The van der Waals surface area contributed by atoms with Crippen LogP contribution in [0.5, 0.6) is 11.5 Å². The number of hydrogen-bond acceptors (Lipinski definition) is 9. The lowest BCUT2D eigenvalue weighted by Gasteiger charge is -2.26. The number of unbranched alkanes of at least 4 members (excludes halogenated alkanes) is 3. The van der Waals surface area contributed by atoms with Crippen LogP contribution in [-0.4, -0.2) is 66.7 Å². The number of Topliss-reactive ketones (excluding diaryl/α,β-unsaturated/α-hetero) is 1. The van der Waals surface area contributed by atoms with E-state index in [1.54, 1.807) is 20.8 Å². The molecule has 262 valence electrons. The number of carboxylic acid groups (broad SMARTS) is 1. The predicted molar refractivity (Wildman–Crippen MR) is 179 cm³/mol. The van der Waals surface area contributed by atoms with E-state index in [1.165, 1.54) is 12.1 Å². The molecule has 0 saturated heterocycles. The van der Waals surface area contributed by atoms with Crippen molar-refractivity contribution in [1.82, 2.24) is 0 Å². The van der Waals surface area contributed by atoms with Gasteiger partial charge in [-0.25, -0.2) is 9.59 Å². The molecule has 1 aliphatic rings. The van der Waals surface area contributed by atoms with Gasteiger partial charge in [-0.1, -0.05) is 58.6 Å². The van der Waals surface area contributed by atoms with Gasteiger partial charge < -0.3 is 35.1 Å². The molecule has 1 unspecified atom stereocenters.